The molecule has 1 aliphatic heterocycles. The zero-order chi connectivity index (χ0) is 7.97. The van der Waals surface area contributed by atoms with Gasteiger partial charge in [-0.25, -0.2) is 4.68 Å². The number of anilines is 1. The summed E-state index contributed by atoms with van der Waals surface area (Å²) in [6.45, 7) is 1.12. The Labute approximate surface area is 71.8 Å². The lowest BCUT2D eigenvalue weighted by Gasteiger charge is -2.25. The summed E-state index contributed by atoms with van der Waals surface area (Å²) in [7, 11) is 0. The molecule has 1 aliphatic carbocycles. The molecular formula is C9H13N3. The van der Waals surface area contributed by atoms with Crippen molar-refractivity contribution in [2.75, 3.05) is 11.9 Å². The zero-order valence-corrected chi connectivity index (χ0v) is 7.03. The highest BCUT2D eigenvalue weighted by molar-refractivity contribution is 5.36. The largest absolute Gasteiger partial charge is 0.370 e. The van der Waals surface area contributed by atoms with Gasteiger partial charge in [0.1, 0.15) is 5.82 Å². The first-order valence-corrected chi connectivity index (χ1v) is 4.72. The fourth-order valence-electron chi connectivity index (χ4n) is 2.11. The van der Waals surface area contributed by atoms with Crippen LogP contribution in [0.25, 0.3) is 0 Å². The normalized spacial score (nSPS) is 27.8. The van der Waals surface area contributed by atoms with E-state index in [0.29, 0.717) is 6.04 Å². The fourth-order valence-corrected chi connectivity index (χ4v) is 2.11. The van der Waals surface area contributed by atoms with Crippen LogP contribution in [0.2, 0.25) is 0 Å². The Bertz CT molecular complexity index is 288. The molecule has 0 saturated heterocycles. The van der Waals surface area contributed by atoms with Gasteiger partial charge in [0.2, 0.25) is 0 Å². The van der Waals surface area contributed by atoms with Crippen molar-refractivity contribution in [2.24, 2.45) is 5.92 Å². The molecule has 0 radical (unpaired) electrons. The van der Waals surface area contributed by atoms with E-state index in [0.717, 1.165) is 12.5 Å². The number of hydrogen-bond acceptors (Lipinski definition) is 2. The smallest absolute Gasteiger partial charge is 0.124 e. The molecule has 3 heteroatoms. The van der Waals surface area contributed by atoms with Crippen LogP contribution < -0.4 is 5.32 Å². The summed E-state index contributed by atoms with van der Waals surface area (Å²) in [5.74, 6) is 2.13. The minimum Gasteiger partial charge on any atom is -0.370 e. The maximum atomic E-state index is 4.35. The van der Waals surface area contributed by atoms with Crippen LogP contribution in [0.1, 0.15) is 25.3 Å². The van der Waals surface area contributed by atoms with Crippen LogP contribution in [0, 0.1) is 5.92 Å². The minimum atomic E-state index is 0.691. The summed E-state index contributed by atoms with van der Waals surface area (Å²) in [5.41, 5.74) is 0. The molecule has 1 unspecified atom stereocenters. The topological polar surface area (TPSA) is 29.9 Å². The minimum absolute atomic E-state index is 0.691. The third-order valence-corrected chi connectivity index (χ3v) is 2.90. The van der Waals surface area contributed by atoms with Gasteiger partial charge in [-0.2, -0.15) is 5.10 Å². The van der Waals surface area contributed by atoms with Crippen molar-refractivity contribution in [1.82, 2.24) is 9.78 Å². The predicted octanol–water partition coefficient (Wildman–Crippen LogP) is 1.65. The van der Waals surface area contributed by atoms with Crippen molar-refractivity contribution in [2.45, 2.75) is 25.3 Å². The second-order valence-corrected chi connectivity index (χ2v) is 3.78. The molecular weight excluding hydrogens is 150 g/mol. The predicted molar refractivity (Wildman–Crippen MR) is 47.1 cm³/mol. The van der Waals surface area contributed by atoms with Crippen LogP contribution in [0.15, 0.2) is 12.3 Å². The molecule has 0 aromatic carbocycles. The Morgan fingerprint density at radius 1 is 1.42 bits per heavy atom. The average Bonchev–Trinajstić information content (AvgIpc) is 2.82. The molecule has 1 saturated carbocycles. The van der Waals surface area contributed by atoms with Crippen LogP contribution in [0.5, 0.6) is 0 Å². The Morgan fingerprint density at radius 2 is 2.33 bits per heavy atom. The first kappa shape index (κ1) is 6.52. The van der Waals surface area contributed by atoms with Crippen LogP contribution in [0.3, 0.4) is 0 Å². The van der Waals surface area contributed by atoms with Crippen LogP contribution in [0.4, 0.5) is 5.82 Å². The average molecular weight is 163 g/mol. The summed E-state index contributed by atoms with van der Waals surface area (Å²) in [5, 5.41) is 7.71. The zero-order valence-electron chi connectivity index (χ0n) is 7.03. The molecule has 1 aromatic rings. The highest BCUT2D eigenvalue weighted by Gasteiger charge is 2.35. The number of rotatable bonds is 1. The number of nitrogens with one attached hydrogen (secondary N) is 1. The molecule has 1 atom stereocenters. The summed E-state index contributed by atoms with van der Waals surface area (Å²) < 4.78 is 2.17. The molecule has 3 nitrogen and oxygen atoms in total. The van der Waals surface area contributed by atoms with E-state index in [4.69, 9.17) is 0 Å². The van der Waals surface area contributed by atoms with E-state index in [1.807, 2.05) is 6.20 Å². The highest BCUT2D eigenvalue weighted by Crippen LogP contribution is 2.43. The van der Waals surface area contributed by atoms with Crippen LogP contribution >= 0.6 is 0 Å². The molecule has 0 bridgehead atoms. The van der Waals surface area contributed by atoms with Crippen molar-refractivity contribution in [3.05, 3.63) is 12.3 Å². The lowest BCUT2D eigenvalue weighted by molar-refractivity contribution is 0.375. The van der Waals surface area contributed by atoms with E-state index in [1.54, 1.807) is 0 Å². The van der Waals surface area contributed by atoms with E-state index in [1.165, 1.54) is 25.1 Å². The maximum absolute atomic E-state index is 4.35. The van der Waals surface area contributed by atoms with Gasteiger partial charge in [-0.1, -0.05) is 0 Å². The van der Waals surface area contributed by atoms with Crippen molar-refractivity contribution < 1.29 is 0 Å². The molecule has 0 amide bonds. The fraction of sp³-hybridized carbons (Fsp3) is 0.667. The number of hydrogen-bond donors (Lipinski definition) is 1. The quantitative estimate of drug-likeness (QED) is 0.682. The lowest BCUT2D eigenvalue weighted by atomic mass is 10.1. The molecule has 2 aliphatic rings. The third-order valence-electron chi connectivity index (χ3n) is 2.90. The van der Waals surface area contributed by atoms with E-state index in [2.05, 4.69) is 21.2 Å². The monoisotopic (exact) mass is 163 g/mol. The highest BCUT2D eigenvalue weighted by atomic mass is 15.4. The third kappa shape index (κ3) is 0.854. The van der Waals surface area contributed by atoms with E-state index < -0.39 is 0 Å². The molecule has 1 N–H and O–H groups in total. The summed E-state index contributed by atoms with van der Waals surface area (Å²) in [4.78, 5) is 0. The Kier molecular flexibility index (Phi) is 1.22. The number of aromatic nitrogens is 2. The van der Waals surface area contributed by atoms with E-state index >= 15 is 0 Å². The van der Waals surface area contributed by atoms with Crippen molar-refractivity contribution in [1.29, 1.82) is 0 Å². The second-order valence-electron chi connectivity index (χ2n) is 3.78. The standard InChI is InChI=1S/C9H13N3/c1-2-7(1)8-3-5-10-9-4-6-11-12(8)9/h4,6-8,10H,1-3,5H2. The van der Waals surface area contributed by atoms with Crippen molar-refractivity contribution >= 4 is 5.82 Å². The van der Waals surface area contributed by atoms with E-state index in [9.17, 15) is 0 Å². The lowest BCUT2D eigenvalue weighted by Crippen LogP contribution is -2.24. The molecule has 3 rings (SSSR count). The summed E-state index contributed by atoms with van der Waals surface area (Å²) >= 11 is 0. The van der Waals surface area contributed by atoms with Crippen molar-refractivity contribution in [3.63, 3.8) is 0 Å². The van der Waals surface area contributed by atoms with Gasteiger partial charge in [0, 0.05) is 12.6 Å². The summed E-state index contributed by atoms with van der Waals surface area (Å²) in [6.07, 6.45) is 5.95. The molecule has 0 spiro atoms. The van der Waals surface area contributed by atoms with Gasteiger partial charge in [-0.15, -0.1) is 0 Å². The van der Waals surface area contributed by atoms with Crippen LogP contribution in [-0.4, -0.2) is 16.3 Å². The van der Waals surface area contributed by atoms with Gasteiger partial charge in [-0.3, -0.25) is 0 Å². The molecule has 64 valence electrons. The van der Waals surface area contributed by atoms with Gasteiger partial charge in [0.25, 0.3) is 0 Å². The van der Waals surface area contributed by atoms with Gasteiger partial charge in [0.05, 0.1) is 12.2 Å². The Balaban J connectivity index is 1.97. The Hall–Kier alpha value is -0.990. The van der Waals surface area contributed by atoms with Crippen molar-refractivity contribution in [3.8, 4) is 0 Å². The van der Waals surface area contributed by atoms with Gasteiger partial charge >= 0.3 is 0 Å². The molecule has 1 fully saturated rings. The molecule has 12 heavy (non-hydrogen) atoms. The maximum Gasteiger partial charge on any atom is 0.124 e. The van der Waals surface area contributed by atoms with Crippen LogP contribution in [-0.2, 0) is 0 Å². The SMILES string of the molecule is c1cc2n(n1)C(C1CC1)CCN2. The van der Waals surface area contributed by atoms with Gasteiger partial charge < -0.3 is 5.32 Å². The number of nitrogens with zero attached hydrogens (tertiary/aromatic N) is 2. The first-order valence-electron chi connectivity index (χ1n) is 4.72. The van der Waals surface area contributed by atoms with Gasteiger partial charge in [0.15, 0.2) is 0 Å². The first-order chi connectivity index (χ1) is 5.95. The summed E-state index contributed by atoms with van der Waals surface area (Å²) in [6, 6.07) is 2.76. The molecule has 2 heterocycles. The van der Waals surface area contributed by atoms with E-state index in [-0.39, 0.29) is 0 Å². The van der Waals surface area contributed by atoms with Gasteiger partial charge in [-0.05, 0) is 25.2 Å². The second kappa shape index (κ2) is 2.25. The molecule has 1 aromatic heterocycles. The Morgan fingerprint density at radius 3 is 3.17 bits per heavy atom. The number of fused-ring (bicyclic) bond motifs is 1.